The normalized spacial score (nSPS) is 11.4. The van der Waals surface area contributed by atoms with Crippen LogP contribution in [0.25, 0.3) is 0 Å². The number of allylic oxidation sites excluding steroid dienone is 1. The molecule has 0 aromatic carbocycles. The number of hydrogen-bond donors (Lipinski definition) is 0. The molecule has 0 aliphatic rings. The first-order valence-corrected chi connectivity index (χ1v) is 5.45. The Balaban J connectivity index is 3.22. The lowest BCUT2D eigenvalue weighted by atomic mass is 10.1. The quantitative estimate of drug-likeness (QED) is 0.240. The highest BCUT2D eigenvalue weighted by atomic mass is 16.7. The van der Waals surface area contributed by atoms with E-state index in [1.165, 1.54) is 44.8 Å². The van der Waals surface area contributed by atoms with Crippen molar-refractivity contribution in [3.05, 3.63) is 16.7 Å². The molecule has 0 aliphatic carbocycles. The van der Waals surface area contributed by atoms with Crippen LogP contribution in [-0.2, 0) is 4.84 Å². The summed E-state index contributed by atoms with van der Waals surface area (Å²) in [6.45, 7) is 4.17. The van der Waals surface area contributed by atoms with Crippen LogP contribution in [0.5, 0.6) is 0 Å². The highest BCUT2D eigenvalue weighted by Gasteiger charge is 1.92. The summed E-state index contributed by atoms with van der Waals surface area (Å²) >= 11 is 0. The molecule has 0 N–H and O–H groups in total. The second-order valence-electron chi connectivity index (χ2n) is 3.66. The van der Waals surface area contributed by atoms with Crippen molar-refractivity contribution < 1.29 is 4.84 Å². The zero-order valence-electron chi connectivity index (χ0n) is 9.29. The molecular formula is C11H21NO2. The zero-order valence-corrected chi connectivity index (χ0v) is 9.29. The summed E-state index contributed by atoms with van der Waals surface area (Å²) in [7, 11) is 0. The Morgan fingerprint density at radius 1 is 1.21 bits per heavy atom. The Morgan fingerprint density at radius 2 is 1.86 bits per heavy atom. The van der Waals surface area contributed by atoms with Crippen molar-refractivity contribution in [3.63, 3.8) is 0 Å². The number of nitrogens with zero attached hydrogens (tertiary/aromatic N) is 1. The molecule has 0 saturated heterocycles. The highest BCUT2D eigenvalue weighted by molar-refractivity contribution is 4.92. The van der Waals surface area contributed by atoms with Gasteiger partial charge in [-0.25, -0.2) is 0 Å². The van der Waals surface area contributed by atoms with E-state index < -0.39 is 0 Å². The van der Waals surface area contributed by atoms with Crippen LogP contribution in [0, 0.1) is 4.91 Å². The van der Waals surface area contributed by atoms with Gasteiger partial charge in [-0.05, 0) is 25.3 Å². The van der Waals surface area contributed by atoms with Crippen LogP contribution >= 0.6 is 0 Å². The van der Waals surface area contributed by atoms with Crippen LogP contribution in [0.2, 0.25) is 0 Å². The predicted molar refractivity (Wildman–Crippen MR) is 58.6 cm³/mol. The Bertz CT molecular complexity index is 167. The van der Waals surface area contributed by atoms with E-state index in [1.54, 1.807) is 0 Å². The Labute approximate surface area is 86.5 Å². The van der Waals surface area contributed by atoms with Crippen LogP contribution in [0.3, 0.4) is 0 Å². The first-order chi connectivity index (χ1) is 6.81. The fourth-order valence-electron chi connectivity index (χ4n) is 1.35. The Morgan fingerprint density at radius 3 is 2.50 bits per heavy atom. The van der Waals surface area contributed by atoms with Crippen molar-refractivity contribution in [3.8, 4) is 0 Å². The lowest BCUT2D eigenvalue weighted by molar-refractivity contribution is 0.258. The van der Waals surface area contributed by atoms with Gasteiger partial charge in [0.2, 0.25) is 0 Å². The third-order valence-corrected chi connectivity index (χ3v) is 2.22. The molecule has 0 aliphatic heterocycles. The summed E-state index contributed by atoms with van der Waals surface area (Å²) in [6.07, 6.45) is 10.2. The third-order valence-electron chi connectivity index (χ3n) is 2.22. The van der Waals surface area contributed by atoms with E-state index >= 15 is 0 Å². The maximum Gasteiger partial charge on any atom is 0.160 e. The minimum absolute atomic E-state index is 1.00. The molecule has 0 aromatic heterocycles. The fraction of sp³-hybridized carbons (Fsp3) is 0.818. The highest BCUT2D eigenvalue weighted by Crippen LogP contribution is 2.11. The standard InChI is InChI=1S/C11H21NO2/c1-3-4-5-6-7-8-9-11(2)10-14-12-13/h10H,3-9H2,1-2H3/b11-10+. The first kappa shape index (κ1) is 13.1. The molecule has 14 heavy (non-hydrogen) atoms. The van der Waals surface area contributed by atoms with E-state index in [-0.39, 0.29) is 0 Å². The third kappa shape index (κ3) is 9.23. The first-order valence-electron chi connectivity index (χ1n) is 5.45. The van der Waals surface area contributed by atoms with Crippen LogP contribution in [0.4, 0.5) is 0 Å². The van der Waals surface area contributed by atoms with Gasteiger partial charge in [0.1, 0.15) is 6.26 Å². The van der Waals surface area contributed by atoms with E-state index in [9.17, 15) is 4.91 Å². The molecule has 0 aromatic rings. The second-order valence-corrected chi connectivity index (χ2v) is 3.66. The van der Waals surface area contributed by atoms with Crippen LogP contribution in [0.15, 0.2) is 17.2 Å². The van der Waals surface area contributed by atoms with E-state index in [1.807, 2.05) is 6.92 Å². The summed E-state index contributed by atoms with van der Waals surface area (Å²) in [5.74, 6) is 0. The summed E-state index contributed by atoms with van der Waals surface area (Å²) in [5, 5.41) is 2.32. The molecule has 0 bridgehead atoms. The average molecular weight is 199 g/mol. The SMILES string of the molecule is CCCCCCCC/C(C)=C/ON=O. The fourth-order valence-corrected chi connectivity index (χ4v) is 1.35. The van der Waals surface area contributed by atoms with Gasteiger partial charge in [0.05, 0.1) is 0 Å². The van der Waals surface area contributed by atoms with Crippen LogP contribution in [0.1, 0.15) is 58.8 Å². The molecule has 0 atom stereocenters. The van der Waals surface area contributed by atoms with E-state index in [2.05, 4.69) is 17.1 Å². The molecule has 82 valence electrons. The molecular weight excluding hydrogens is 178 g/mol. The van der Waals surface area contributed by atoms with Crippen molar-refractivity contribution in [1.82, 2.24) is 0 Å². The van der Waals surface area contributed by atoms with Crippen molar-refractivity contribution in [2.24, 2.45) is 5.34 Å². The summed E-state index contributed by atoms with van der Waals surface area (Å²) < 4.78 is 0. The lowest BCUT2D eigenvalue weighted by Crippen LogP contribution is -1.82. The molecule has 0 saturated carbocycles. The number of hydrogen-bond acceptors (Lipinski definition) is 3. The summed E-state index contributed by atoms with van der Waals surface area (Å²) in [6, 6.07) is 0. The van der Waals surface area contributed by atoms with Gasteiger partial charge in [-0.2, -0.15) is 0 Å². The van der Waals surface area contributed by atoms with Crippen molar-refractivity contribution >= 4 is 0 Å². The van der Waals surface area contributed by atoms with Gasteiger partial charge in [-0.15, -0.1) is 4.91 Å². The second kappa shape index (κ2) is 10.2. The van der Waals surface area contributed by atoms with Gasteiger partial charge in [0.25, 0.3) is 0 Å². The number of rotatable bonds is 9. The van der Waals surface area contributed by atoms with Crippen molar-refractivity contribution in [2.45, 2.75) is 58.8 Å². The molecule has 3 heteroatoms. The van der Waals surface area contributed by atoms with Crippen molar-refractivity contribution in [2.75, 3.05) is 0 Å². The lowest BCUT2D eigenvalue weighted by Gasteiger charge is -2.00. The predicted octanol–water partition coefficient (Wildman–Crippen LogP) is 4.34. The molecule has 0 spiro atoms. The molecule has 0 unspecified atom stereocenters. The molecule has 0 amide bonds. The van der Waals surface area contributed by atoms with E-state index in [0.717, 1.165) is 12.0 Å². The average Bonchev–Trinajstić information content (AvgIpc) is 2.20. The zero-order chi connectivity index (χ0) is 10.6. The molecule has 0 radical (unpaired) electrons. The van der Waals surface area contributed by atoms with Crippen molar-refractivity contribution in [1.29, 1.82) is 0 Å². The van der Waals surface area contributed by atoms with Gasteiger partial charge in [0, 0.05) is 0 Å². The maximum absolute atomic E-state index is 9.64. The van der Waals surface area contributed by atoms with Crippen LogP contribution in [-0.4, -0.2) is 0 Å². The van der Waals surface area contributed by atoms with Gasteiger partial charge < -0.3 is 4.84 Å². The molecule has 0 heterocycles. The van der Waals surface area contributed by atoms with Gasteiger partial charge in [-0.1, -0.05) is 39.0 Å². The Kier molecular flexibility index (Phi) is 9.59. The van der Waals surface area contributed by atoms with Gasteiger partial charge in [-0.3, -0.25) is 0 Å². The van der Waals surface area contributed by atoms with Crippen LogP contribution < -0.4 is 0 Å². The van der Waals surface area contributed by atoms with Gasteiger partial charge in [0.15, 0.2) is 5.34 Å². The maximum atomic E-state index is 9.64. The number of unbranched alkanes of at least 4 members (excludes halogenated alkanes) is 5. The minimum atomic E-state index is 1.00. The minimum Gasteiger partial charge on any atom is -0.332 e. The van der Waals surface area contributed by atoms with E-state index in [4.69, 9.17) is 0 Å². The Hall–Kier alpha value is -0.860. The van der Waals surface area contributed by atoms with E-state index in [0.29, 0.717) is 0 Å². The topological polar surface area (TPSA) is 38.7 Å². The summed E-state index contributed by atoms with van der Waals surface area (Å²) in [5.41, 5.74) is 1.08. The molecule has 0 fully saturated rings. The molecule has 3 nitrogen and oxygen atoms in total. The largest absolute Gasteiger partial charge is 0.332 e. The summed E-state index contributed by atoms with van der Waals surface area (Å²) in [4.78, 5) is 13.9. The molecule has 0 rings (SSSR count). The smallest absolute Gasteiger partial charge is 0.160 e. The monoisotopic (exact) mass is 199 g/mol. The van der Waals surface area contributed by atoms with Gasteiger partial charge >= 0.3 is 0 Å².